The summed E-state index contributed by atoms with van der Waals surface area (Å²) in [5, 5.41) is 0. The molecule has 0 spiro atoms. The molecular weight excluding hydrogens is 116 g/mol. The minimum absolute atomic E-state index is 0.991. The first-order valence-corrected chi connectivity index (χ1v) is 4.57. The van der Waals surface area contributed by atoms with Crippen molar-refractivity contribution in [3.8, 4) is 0 Å². The van der Waals surface area contributed by atoms with Gasteiger partial charge in [-0.1, -0.05) is 20.3 Å². The van der Waals surface area contributed by atoms with Gasteiger partial charge in [0.1, 0.15) is 0 Å². The van der Waals surface area contributed by atoms with Crippen LogP contribution < -0.4 is 0 Å². The molecule has 0 aromatic rings. The standard InChI is InChI=1S/C7H14S/c1-3-7-5-8-4-6(7)2/h6-7H,3-5H2,1-2H3/t6-,7-/m0/s1. The van der Waals surface area contributed by atoms with Crippen LogP contribution in [0.3, 0.4) is 0 Å². The van der Waals surface area contributed by atoms with Gasteiger partial charge in [-0.15, -0.1) is 0 Å². The van der Waals surface area contributed by atoms with Crippen molar-refractivity contribution < 1.29 is 0 Å². The molecule has 0 nitrogen and oxygen atoms in total. The molecule has 2 atom stereocenters. The molecule has 0 unspecified atom stereocenters. The Morgan fingerprint density at radius 1 is 1.50 bits per heavy atom. The molecule has 1 saturated heterocycles. The molecule has 0 N–H and O–H groups in total. The van der Waals surface area contributed by atoms with E-state index in [2.05, 4.69) is 25.6 Å². The van der Waals surface area contributed by atoms with Crippen molar-refractivity contribution in [2.24, 2.45) is 11.8 Å². The van der Waals surface area contributed by atoms with E-state index in [0.29, 0.717) is 0 Å². The highest BCUT2D eigenvalue weighted by Crippen LogP contribution is 2.31. The summed E-state index contributed by atoms with van der Waals surface area (Å²) >= 11 is 2.11. The van der Waals surface area contributed by atoms with Crippen LogP contribution in [0.15, 0.2) is 0 Å². The van der Waals surface area contributed by atoms with Crippen molar-refractivity contribution in [2.75, 3.05) is 11.5 Å². The minimum Gasteiger partial charge on any atom is -0.161 e. The molecule has 8 heavy (non-hydrogen) atoms. The SMILES string of the molecule is CC[C@H]1CSC[C@@H]1C. The van der Waals surface area contributed by atoms with Gasteiger partial charge in [-0.2, -0.15) is 11.8 Å². The Bertz CT molecular complexity index is 70.8. The summed E-state index contributed by atoms with van der Waals surface area (Å²) in [6, 6.07) is 0. The summed E-state index contributed by atoms with van der Waals surface area (Å²) in [7, 11) is 0. The highest BCUT2D eigenvalue weighted by Gasteiger charge is 2.21. The second kappa shape index (κ2) is 2.77. The first-order chi connectivity index (χ1) is 3.84. The predicted molar refractivity (Wildman–Crippen MR) is 40.3 cm³/mol. The van der Waals surface area contributed by atoms with Crippen LogP contribution in [0.1, 0.15) is 20.3 Å². The normalized spacial score (nSPS) is 38.2. The van der Waals surface area contributed by atoms with Gasteiger partial charge < -0.3 is 0 Å². The van der Waals surface area contributed by atoms with E-state index in [1.807, 2.05) is 0 Å². The zero-order valence-electron chi connectivity index (χ0n) is 5.68. The van der Waals surface area contributed by atoms with Crippen molar-refractivity contribution in [1.82, 2.24) is 0 Å². The largest absolute Gasteiger partial charge is 0.161 e. The molecule has 0 aromatic heterocycles. The van der Waals surface area contributed by atoms with E-state index in [-0.39, 0.29) is 0 Å². The molecule has 0 aromatic carbocycles. The summed E-state index contributed by atoms with van der Waals surface area (Å²) in [5.41, 5.74) is 0. The topological polar surface area (TPSA) is 0 Å². The summed E-state index contributed by atoms with van der Waals surface area (Å²) in [4.78, 5) is 0. The average molecular weight is 130 g/mol. The van der Waals surface area contributed by atoms with Crippen LogP contribution in [0.25, 0.3) is 0 Å². The van der Waals surface area contributed by atoms with Gasteiger partial charge in [-0.05, 0) is 23.3 Å². The monoisotopic (exact) mass is 130 g/mol. The van der Waals surface area contributed by atoms with Crippen LogP contribution >= 0.6 is 11.8 Å². The maximum atomic E-state index is 2.37. The molecule has 48 valence electrons. The van der Waals surface area contributed by atoms with Gasteiger partial charge in [0, 0.05) is 0 Å². The maximum absolute atomic E-state index is 2.37. The number of thioether (sulfide) groups is 1. The molecule has 1 rings (SSSR count). The smallest absolute Gasteiger partial charge is 0.00363 e. The van der Waals surface area contributed by atoms with Gasteiger partial charge in [0.05, 0.1) is 0 Å². The molecule has 0 radical (unpaired) electrons. The Balaban J connectivity index is 2.30. The quantitative estimate of drug-likeness (QED) is 0.525. The van der Waals surface area contributed by atoms with Crippen molar-refractivity contribution in [3.05, 3.63) is 0 Å². The third-order valence-corrected chi connectivity index (χ3v) is 3.47. The van der Waals surface area contributed by atoms with Gasteiger partial charge in [0.15, 0.2) is 0 Å². The van der Waals surface area contributed by atoms with E-state index in [1.54, 1.807) is 0 Å². The van der Waals surface area contributed by atoms with Crippen molar-refractivity contribution in [2.45, 2.75) is 20.3 Å². The summed E-state index contributed by atoms with van der Waals surface area (Å²) in [6.07, 6.45) is 1.38. The lowest BCUT2D eigenvalue weighted by Gasteiger charge is -2.09. The molecule has 1 heterocycles. The van der Waals surface area contributed by atoms with Crippen molar-refractivity contribution in [3.63, 3.8) is 0 Å². The molecule has 1 aliphatic rings. The number of rotatable bonds is 1. The summed E-state index contributed by atoms with van der Waals surface area (Å²) < 4.78 is 0. The van der Waals surface area contributed by atoms with Crippen LogP contribution in [0.2, 0.25) is 0 Å². The van der Waals surface area contributed by atoms with Crippen molar-refractivity contribution in [1.29, 1.82) is 0 Å². The molecule has 0 amide bonds. The molecule has 1 aliphatic heterocycles. The Kier molecular flexibility index (Phi) is 2.24. The molecule has 1 fully saturated rings. The first-order valence-electron chi connectivity index (χ1n) is 3.42. The van der Waals surface area contributed by atoms with Gasteiger partial charge >= 0.3 is 0 Å². The van der Waals surface area contributed by atoms with Gasteiger partial charge in [0.25, 0.3) is 0 Å². The van der Waals surface area contributed by atoms with Gasteiger partial charge in [-0.3, -0.25) is 0 Å². The zero-order valence-corrected chi connectivity index (χ0v) is 6.50. The fourth-order valence-electron chi connectivity index (χ4n) is 1.23. The fraction of sp³-hybridized carbons (Fsp3) is 1.00. The van der Waals surface area contributed by atoms with E-state index in [9.17, 15) is 0 Å². The average Bonchev–Trinajstić information content (AvgIpc) is 2.14. The molecule has 0 bridgehead atoms. The lowest BCUT2D eigenvalue weighted by molar-refractivity contribution is 0.440. The Morgan fingerprint density at radius 3 is 2.50 bits per heavy atom. The van der Waals surface area contributed by atoms with E-state index < -0.39 is 0 Å². The second-order valence-electron chi connectivity index (χ2n) is 2.68. The van der Waals surface area contributed by atoms with Gasteiger partial charge in [-0.25, -0.2) is 0 Å². The van der Waals surface area contributed by atoms with Gasteiger partial charge in [0.2, 0.25) is 0 Å². The van der Waals surface area contributed by atoms with E-state index in [1.165, 1.54) is 17.9 Å². The van der Waals surface area contributed by atoms with E-state index in [0.717, 1.165) is 11.8 Å². The van der Waals surface area contributed by atoms with Crippen LogP contribution in [0.4, 0.5) is 0 Å². The van der Waals surface area contributed by atoms with E-state index >= 15 is 0 Å². The summed E-state index contributed by atoms with van der Waals surface area (Å²) in [5.74, 6) is 4.83. The lowest BCUT2D eigenvalue weighted by atomic mass is 9.96. The summed E-state index contributed by atoms with van der Waals surface area (Å²) in [6.45, 7) is 4.67. The predicted octanol–water partition coefficient (Wildman–Crippen LogP) is 2.40. The van der Waals surface area contributed by atoms with Crippen LogP contribution in [0.5, 0.6) is 0 Å². The Hall–Kier alpha value is 0.350. The van der Waals surface area contributed by atoms with Crippen molar-refractivity contribution >= 4 is 11.8 Å². The molecule has 1 heteroatoms. The highest BCUT2D eigenvalue weighted by molar-refractivity contribution is 7.99. The molecule has 0 saturated carbocycles. The van der Waals surface area contributed by atoms with Crippen LogP contribution in [-0.2, 0) is 0 Å². The Labute approximate surface area is 56.0 Å². The second-order valence-corrected chi connectivity index (χ2v) is 3.76. The zero-order chi connectivity index (χ0) is 5.98. The third-order valence-electron chi connectivity index (χ3n) is 2.04. The first kappa shape index (κ1) is 6.47. The highest BCUT2D eigenvalue weighted by atomic mass is 32.2. The van der Waals surface area contributed by atoms with Crippen LogP contribution in [-0.4, -0.2) is 11.5 Å². The van der Waals surface area contributed by atoms with E-state index in [4.69, 9.17) is 0 Å². The fourth-order valence-corrected chi connectivity index (χ4v) is 2.87. The molecule has 0 aliphatic carbocycles. The maximum Gasteiger partial charge on any atom is -0.00363 e. The minimum atomic E-state index is 0.991. The lowest BCUT2D eigenvalue weighted by Crippen LogP contribution is -2.05. The number of hydrogen-bond donors (Lipinski definition) is 0. The molecular formula is C7H14S. The van der Waals surface area contributed by atoms with Crippen LogP contribution in [0, 0.1) is 11.8 Å². The Morgan fingerprint density at radius 2 is 2.25 bits per heavy atom. The number of hydrogen-bond acceptors (Lipinski definition) is 1. The third kappa shape index (κ3) is 1.19.